The van der Waals surface area contributed by atoms with Crippen molar-refractivity contribution in [3.8, 4) is 23.0 Å². The van der Waals surface area contributed by atoms with Crippen LogP contribution in [0.2, 0.25) is 0 Å². The van der Waals surface area contributed by atoms with Crippen molar-refractivity contribution in [1.29, 1.82) is 0 Å². The number of carboxylic acids is 1. The van der Waals surface area contributed by atoms with Crippen molar-refractivity contribution in [2.45, 2.75) is 6.42 Å². The average Bonchev–Trinajstić information content (AvgIpc) is 3.10. The van der Waals surface area contributed by atoms with Crippen molar-refractivity contribution >= 4 is 5.97 Å². The Morgan fingerprint density at radius 1 is 1.08 bits per heavy atom. The van der Waals surface area contributed by atoms with Gasteiger partial charge in [-0.2, -0.15) is 4.98 Å². The van der Waals surface area contributed by atoms with Crippen LogP contribution in [0.5, 0.6) is 11.5 Å². The minimum absolute atomic E-state index is 0.239. The maximum Gasteiger partial charge on any atom is 0.335 e. The van der Waals surface area contributed by atoms with Gasteiger partial charge in [0.2, 0.25) is 0 Å². The van der Waals surface area contributed by atoms with Crippen LogP contribution in [0.1, 0.15) is 21.7 Å². The first-order valence-electron chi connectivity index (χ1n) is 7.48. The van der Waals surface area contributed by atoms with Gasteiger partial charge in [-0.25, -0.2) is 4.79 Å². The van der Waals surface area contributed by atoms with Crippen LogP contribution in [-0.4, -0.2) is 35.4 Å². The summed E-state index contributed by atoms with van der Waals surface area (Å²) in [6, 6.07) is 11.9. The lowest BCUT2D eigenvalue weighted by Gasteiger charge is -2.07. The van der Waals surface area contributed by atoms with Crippen molar-refractivity contribution in [3.63, 3.8) is 0 Å². The molecule has 1 N–H and O–H groups in total. The Morgan fingerprint density at radius 2 is 1.80 bits per heavy atom. The minimum Gasteiger partial charge on any atom is -0.493 e. The highest BCUT2D eigenvalue weighted by atomic mass is 16.5. The van der Waals surface area contributed by atoms with Gasteiger partial charge >= 0.3 is 5.97 Å². The molecule has 0 fully saturated rings. The van der Waals surface area contributed by atoms with Crippen molar-refractivity contribution in [2.24, 2.45) is 0 Å². The zero-order valence-electron chi connectivity index (χ0n) is 13.7. The summed E-state index contributed by atoms with van der Waals surface area (Å²) in [5, 5.41) is 12.9. The number of benzene rings is 2. The van der Waals surface area contributed by atoms with E-state index in [1.54, 1.807) is 56.7 Å². The van der Waals surface area contributed by atoms with E-state index in [1.165, 1.54) is 0 Å². The molecule has 1 aromatic heterocycles. The van der Waals surface area contributed by atoms with Gasteiger partial charge in [-0.1, -0.05) is 17.3 Å². The predicted octanol–water partition coefficient (Wildman–Crippen LogP) is 3.04. The van der Waals surface area contributed by atoms with Crippen LogP contribution in [-0.2, 0) is 6.42 Å². The topological polar surface area (TPSA) is 94.7 Å². The van der Waals surface area contributed by atoms with Gasteiger partial charge in [0.15, 0.2) is 17.3 Å². The lowest BCUT2D eigenvalue weighted by Crippen LogP contribution is -1.97. The number of carbonyl (C=O) groups is 1. The zero-order chi connectivity index (χ0) is 17.8. The van der Waals surface area contributed by atoms with E-state index in [0.29, 0.717) is 29.6 Å². The maximum absolute atomic E-state index is 10.9. The van der Waals surface area contributed by atoms with E-state index in [9.17, 15) is 4.79 Å². The van der Waals surface area contributed by atoms with Crippen molar-refractivity contribution in [3.05, 3.63) is 59.4 Å². The number of aromatic carboxylic acids is 1. The number of methoxy groups -OCH3 is 2. The van der Waals surface area contributed by atoms with Gasteiger partial charge < -0.3 is 19.1 Å². The molecule has 0 aliphatic carbocycles. The second kappa shape index (κ2) is 7.04. The van der Waals surface area contributed by atoms with Crippen LogP contribution in [0.4, 0.5) is 0 Å². The van der Waals surface area contributed by atoms with E-state index in [0.717, 1.165) is 11.1 Å². The molecule has 0 unspecified atom stereocenters. The summed E-state index contributed by atoms with van der Waals surface area (Å²) >= 11 is 0. The molecule has 0 bridgehead atoms. The molecule has 3 aromatic rings. The Bertz CT molecular complexity index is 887. The third-order valence-electron chi connectivity index (χ3n) is 3.66. The molecule has 3 rings (SSSR count). The van der Waals surface area contributed by atoms with Gasteiger partial charge in [0.1, 0.15) is 0 Å². The summed E-state index contributed by atoms with van der Waals surface area (Å²) in [6.07, 6.45) is 0.441. The lowest BCUT2D eigenvalue weighted by molar-refractivity contribution is 0.0697. The van der Waals surface area contributed by atoms with Crippen molar-refractivity contribution < 1.29 is 23.9 Å². The molecule has 0 aliphatic heterocycles. The molecule has 0 saturated heterocycles. The second-order valence-electron chi connectivity index (χ2n) is 5.26. The van der Waals surface area contributed by atoms with E-state index >= 15 is 0 Å². The molecule has 2 aromatic carbocycles. The summed E-state index contributed by atoms with van der Waals surface area (Å²) in [7, 11) is 3.12. The Morgan fingerprint density at radius 3 is 2.44 bits per heavy atom. The van der Waals surface area contributed by atoms with Gasteiger partial charge in [-0.05, 0) is 35.9 Å². The molecular formula is C18H16N2O5. The second-order valence-corrected chi connectivity index (χ2v) is 5.26. The van der Waals surface area contributed by atoms with Gasteiger partial charge in [0.05, 0.1) is 19.8 Å². The molecule has 0 saturated carbocycles. The Balaban J connectivity index is 1.79. The van der Waals surface area contributed by atoms with E-state index < -0.39 is 5.97 Å². The predicted molar refractivity (Wildman–Crippen MR) is 89.0 cm³/mol. The SMILES string of the molecule is COc1ccc(-c2nc(Cc3ccc(C(=O)O)cc3)no2)cc1OC. The standard InChI is InChI=1S/C18H16N2O5/c1-23-14-8-7-13(10-15(14)24-2)17-19-16(20-25-17)9-11-3-5-12(6-4-11)18(21)22/h3-8,10H,9H2,1-2H3,(H,21,22). The quantitative estimate of drug-likeness (QED) is 0.737. The fourth-order valence-electron chi connectivity index (χ4n) is 2.36. The van der Waals surface area contributed by atoms with E-state index in [2.05, 4.69) is 10.1 Å². The van der Waals surface area contributed by atoms with Crippen LogP contribution >= 0.6 is 0 Å². The maximum atomic E-state index is 10.9. The summed E-state index contributed by atoms with van der Waals surface area (Å²) in [6.45, 7) is 0. The number of aromatic nitrogens is 2. The van der Waals surface area contributed by atoms with Crippen LogP contribution in [0.3, 0.4) is 0 Å². The highest BCUT2D eigenvalue weighted by Gasteiger charge is 2.13. The van der Waals surface area contributed by atoms with Crippen molar-refractivity contribution in [1.82, 2.24) is 10.1 Å². The van der Waals surface area contributed by atoms with Crippen LogP contribution in [0.25, 0.3) is 11.5 Å². The summed E-state index contributed by atoms with van der Waals surface area (Å²) in [5.74, 6) is 1.11. The first kappa shape index (κ1) is 16.5. The fourth-order valence-corrected chi connectivity index (χ4v) is 2.36. The average molecular weight is 340 g/mol. The third-order valence-corrected chi connectivity index (χ3v) is 3.66. The summed E-state index contributed by atoms with van der Waals surface area (Å²) < 4.78 is 15.8. The summed E-state index contributed by atoms with van der Waals surface area (Å²) in [4.78, 5) is 15.2. The number of carboxylic acid groups (broad SMARTS) is 1. The van der Waals surface area contributed by atoms with Gasteiger partial charge in [-0.15, -0.1) is 0 Å². The first-order chi connectivity index (χ1) is 12.1. The highest BCUT2D eigenvalue weighted by molar-refractivity contribution is 5.87. The molecule has 0 atom stereocenters. The molecule has 1 heterocycles. The van der Waals surface area contributed by atoms with Crippen LogP contribution < -0.4 is 9.47 Å². The molecule has 0 radical (unpaired) electrons. The van der Waals surface area contributed by atoms with Crippen LogP contribution in [0.15, 0.2) is 47.0 Å². The molecule has 128 valence electrons. The number of nitrogens with zero attached hydrogens (tertiary/aromatic N) is 2. The Kier molecular flexibility index (Phi) is 4.65. The Hall–Kier alpha value is -3.35. The van der Waals surface area contributed by atoms with E-state index in [1.807, 2.05) is 0 Å². The molecule has 0 amide bonds. The largest absolute Gasteiger partial charge is 0.493 e. The monoisotopic (exact) mass is 340 g/mol. The number of hydrogen-bond acceptors (Lipinski definition) is 6. The number of rotatable bonds is 6. The van der Waals surface area contributed by atoms with Gasteiger partial charge in [-0.3, -0.25) is 0 Å². The van der Waals surface area contributed by atoms with E-state index in [-0.39, 0.29) is 5.56 Å². The molecular weight excluding hydrogens is 324 g/mol. The smallest absolute Gasteiger partial charge is 0.335 e. The first-order valence-corrected chi connectivity index (χ1v) is 7.48. The van der Waals surface area contributed by atoms with Crippen LogP contribution in [0, 0.1) is 0 Å². The molecule has 7 nitrogen and oxygen atoms in total. The normalized spacial score (nSPS) is 10.5. The minimum atomic E-state index is -0.957. The lowest BCUT2D eigenvalue weighted by atomic mass is 10.1. The molecule has 7 heteroatoms. The number of ether oxygens (including phenoxy) is 2. The van der Waals surface area contributed by atoms with Crippen molar-refractivity contribution in [2.75, 3.05) is 14.2 Å². The molecule has 25 heavy (non-hydrogen) atoms. The summed E-state index contributed by atoms with van der Waals surface area (Å²) in [5.41, 5.74) is 1.85. The highest BCUT2D eigenvalue weighted by Crippen LogP contribution is 2.31. The Labute approximate surface area is 143 Å². The zero-order valence-corrected chi connectivity index (χ0v) is 13.7. The fraction of sp³-hybridized carbons (Fsp3) is 0.167. The molecule has 0 aliphatic rings. The van der Waals surface area contributed by atoms with E-state index in [4.69, 9.17) is 19.1 Å². The van der Waals surface area contributed by atoms with Gasteiger partial charge in [0, 0.05) is 12.0 Å². The third kappa shape index (κ3) is 3.60. The molecule has 0 spiro atoms. The number of hydrogen-bond donors (Lipinski definition) is 1. The van der Waals surface area contributed by atoms with Gasteiger partial charge in [0.25, 0.3) is 5.89 Å².